The second-order valence-corrected chi connectivity index (χ2v) is 4.16. The molecule has 0 unspecified atom stereocenters. The summed E-state index contributed by atoms with van der Waals surface area (Å²) >= 11 is 0. The Bertz CT molecular complexity index is 400. The van der Waals surface area contributed by atoms with Gasteiger partial charge in [0.2, 0.25) is 5.91 Å². The van der Waals surface area contributed by atoms with Gasteiger partial charge >= 0.3 is 0 Å². The number of anilines is 1. The molecule has 1 amide bonds. The van der Waals surface area contributed by atoms with Crippen molar-refractivity contribution in [2.75, 3.05) is 37.7 Å². The molecule has 2 heterocycles. The molecule has 1 N–H and O–H groups in total. The Morgan fingerprint density at radius 1 is 1.35 bits per heavy atom. The van der Waals surface area contributed by atoms with Gasteiger partial charge in [0.1, 0.15) is 12.4 Å². The summed E-state index contributed by atoms with van der Waals surface area (Å²) in [5.41, 5.74) is 0.997. The third-order valence-corrected chi connectivity index (χ3v) is 2.97. The molecular formula is C12H17N3O2. The van der Waals surface area contributed by atoms with Crippen molar-refractivity contribution in [3.8, 4) is 0 Å². The lowest BCUT2D eigenvalue weighted by Gasteiger charge is -2.35. The molecule has 5 heteroatoms. The van der Waals surface area contributed by atoms with Crippen LogP contribution in [-0.2, 0) is 4.79 Å². The van der Waals surface area contributed by atoms with Gasteiger partial charge in [-0.3, -0.25) is 4.79 Å². The second-order valence-electron chi connectivity index (χ2n) is 4.16. The number of aryl methyl sites for hydroxylation is 1. The maximum atomic E-state index is 11.3. The minimum atomic E-state index is -0.400. The largest absolute Gasteiger partial charge is 0.387 e. The van der Waals surface area contributed by atoms with E-state index in [1.807, 2.05) is 25.1 Å². The minimum absolute atomic E-state index is 0.193. The van der Waals surface area contributed by atoms with Gasteiger partial charge in [-0.1, -0.05) is 6.07 Å². The van der Waals surface area contributed by atoms with Crippen molar-refractivity contribution in [1.82, 2.24) is 9.88 Å². The van der Waals surface area contributed by atoms with E-state index in [0.717, 1.165) is 24.6 Å². The molecule has 5 nitrogen and oxygen atoms in total. The highest BCUT2D eigenvalue weighted by Gasteiger charge is 2.20. The summed E-state index contributed by atoms with van der Waals surface area (Å²) in [5.74, 6) is 0.767. The Morgan fingerprint density at radius 2 is 2.06 bits per heavy atom. The summed E-state index contributed by atoms with van der Waals surface area (Å²) in [7, 11) is 0. The third-order valence-electron chi connectivity index (χ3n) is 2.97. The highest BCUT2D eigenvalue weighted by molar-refractivity contribution is 5.77. The Hall–Kier alpha value is -1.62. The highest BCUT2D eigenvalue weighted by Crippen LogP contribution is 2.13. The number of aliphatic hydroxyl groups excluding tert-OH is 1. The molecule has 0 saturated carbocycles. The van der Waals surface area contributed by atoms with Crippen LogP contribution in [0.2, 0.25) is 0 Å². The number of rotatable bonds is 2. The Kier molecular flexibility index (Phi) is 3.58. The van der Waals surface area contributed by atoms with Crippen LogP contribution in [0.1, 0.15) is 5.69 Å². The average Bonchev–Trinajstić information content (AvgIpc) is 2.38. The normalized spacial score (nSPS) is 16.1. The summed E-state index contributed by atoms with van der Waals surface area (Å²) in [4.78, 5) is 19.6. The van der Waals surface area contributed by atoms with Crippen LogP contribution < -0.4 is 4.90 Å². The first-order valence-corrected chi connectivity index (χ1v) is 5.78. The van der Waals surface area contributed by atoms with Crippen LogP contribution in [0.3, 0.4) is 0 Å². The highest BCUT2D eigenvalue weighted by atomic mass is 16.3. The van der Waals surface area contributed by atoms with E-state index in [9.17, 15) is 4.79 Å². The van der Waals surface area contributed by atoms with Gasteiger partial charge in [-0.2, -0.15) is 0 Å². The number of amides is 1. The number of hydrogen-bond acceptors (Lipinski definition) is 4. The van der Waals surface area contributed by atoms with Crippen molar-refractivity contribution in [3.05, 3.63) is 23.9 Å². The molecule has 0 atom stereocenters. The smallest absolute Gasteiger partial charge is 0.248 e. The fourth-order valence-corrected chi connectivity index (χ4v) is 1.99. The van der Waals surface area contributed by atoms with Crippen LogP contribution in [0.25, 0.3) is 0 Å². The zero-order valence-corrected chi connectivity index (χ0v) is 9.96. The lowest BCUT2D eigenvalue weighted by atomic mass is 10.3. The van der Waals surface area contributed by atoms with Gasteiger partial charge < -0.3 is 14.9 Å². The number of piperazine rings is 1. The Morgan fingerprint density at radius 3 is 2.65 bits per heavy atom. The van der Waals surface area contributed by atoms with E-state index in [4.69, 9.17) is 5.11 Å². The SMILES string of the molecule is Cc1cccc(N2CCN(C(=O)CO)CC2)n1. The zero-order valence-electron chi connectivity index (χ0n) is 9.96. The first-order chi connectivity index (χ1) is 8.20. The minimum Gasteiger partial charge on any atom is -0.387 e. The van der Waals surface area contributed by atoms with Crippen LogP contribution in [0.4, 0.5) is 5.82 Å². The molecule has 1 aromatic heterocycles. The maximum Gasteiger partial charge on any atom is 0.248 e. The van der Waals surface area contributed by atoms with Gasteiger partial charge in [-0.25, -0.2) is 4.98 Å². The molecule has 0 aliphatic carbocycles. The maximum absolute atomic E-state index is 11.3. The van der Waals surface area contributed by atoms with Gasteiger partial charge in [-0.15, -0.1) is 0 Å². The molecule has 0 radical (unpaired) electrons. The van der Waals surface area contributed by atoms with Crippen LogP contribution in [-0.4, -0.2) is 53.7 Å². The Balaban J connectivity index is 1.97. The zero-order chi connectivity index (χ0) is 12.3. The molecule has 92 valence electrons. The van der Waals surface area contributed by atoms with Crippen molar-refractivity contribution >= 4 is 11.7 Å². The van der Waals surface area contributed by atoms with E-state index >= 15 is 0 Å². The third kappa shape index (κ3) is 2.74. The summed E-state index contributed by atoms with van der Waals surface area (Å²) in [5, 5.41) is 8.79. The predicted octanol–water partition coefficient (Wildman–Crippen LogP) is 0.0309. The summed E-state index contributed by atoms with van der Waals surface area (Å²) < 4.78 is 0. The molecule has 0 aromatic carbocycles. The Labute approximate surface area is 101 Å². The number of aliphatic hydroxyl groups is 1. The lowest BCUT2D eigenvalue weighted by molar-refractivity contribution is -0.134. The van der Waals surface area contributed by atoms with Crippen molar-refractivity contribution in [2.24, 2.45) is 0 Å². The lowest BCUT2D eigenvalue weighted by Crippen LogP contribution is -2.49. The molecular weight excluding hydrogens is 218 g/mol. The molecule has 1 fully saturated rings. The average molecular weight is 235 g/mol. The summed E-state index contributed by atoms with van der Waals surface area (Å²) in [6, 6.07) is 5.94. The molecule has 0 spiro atoms. The quantitative estimate of drug-likeness (QED) is 0.786. The van der Waals surface area contributed by atoms with E-state index in [1.54, 1.807) is 4.90 Å². The molecule has 1 aliphatic heterocycles. The fourth-order valence-electron chi connectivity index (χ4n) is 1.99. The van der Waals surface area contributed by atoms with Crippen LogP contribution >= 0.6 is 0 Å². The summed E-state index contributed by atoms with van der Waals surface area (Å²) in [6.07, 6.45) is 0. The number of nitrogens with zero attached hydrogens (tertiary/aromatic N) is 3. The van der Waals surface area contributed by atoms with Gasteiger partial charge in [0.05, 0.1) is 0 Å². The molecule has 17 heavy (non-hydrogen) atoms. The number of hydrogen-bond donors (Lipinski definition) is 1. The fraction of sp³-hybridized carbons (Fsp3) is 0.500. The van der Waals surface area contributed by atoms with Gasteiger partial charge in [-0.05, 0) is 19.1 Å². The van der Waals surface area contributed by atoms with Crippen molar-refractivity contribution in [3.63, 3.8) is 0 Å². The molecule has 2 rings (SSSR count). The molecule has 1 saturated heterocycles. The van der Waals surface area contributed by atoms with E-state index in [2.05, 4.69) is 9.88 Å². The second kappa shape index (κ2) is 5.14. The standard InChI is InChI=1S/C12H17N3O2/c1-10-3-2-4-11(13-10)14-5-7-15(8-6-14)12(17)9-16/h2-4,16H,5-9H2,1H3. The molecule has 1 aliphatic rings. The topological polar surface area (TPSA) is 56.7 Å². The van der Waals surface area contributed by atoms with Gasteiger partial charge in [0, 0.05) is 31.9 Å². The van der Waals surface area contributed by atoms with Crippen molar-refractivity contribution in [1.29, 1.82) is 0 Å². The number of pyridine rings is 1. The van der Waals surface area contributed by atoms with E-state index in [1.165, 1.54) is 0 Å². The first-order valence-electron chi connectivity index (χ1n) is 5.78. The van der Waals surface area contributed by atoms with Gasteiger partial charge in [0.15, 0.2) is 0 Å². The monoisotopic (exact) mass is 235 g/mol. The van der Waals surface area contributed by atoms with Crippen molar-refractivity contribution < 1.29 is 9.90 Å². The van der Waals surface area contributed by atoms with E-state index < -0.39 is 6.61 Å². The number of carbonyl (C=O) groups is 1. The molecule has 1 aromatic rings. The predicted molar refractivity (Wildman–Crippen MR) is 64.9 cm³/mol. The van der Waals surface area contributed by atoms with Crippen LogP contribution in [0, 0.1) is 6.92 Å². The molecule has 0 bridgehead atoms. The number of carbonyl (C=O) groups excluding carboxylic acids is 1. The van der Waals surface area contributed by atoms with Gasteiger partial charge in [0.25, 0.3) is 0 Å². The number of aromatic nitrogens is 1. The van der Waals surface area contributed by atoms with E-state index in [-0.39, 0.29) is 5.91 Å². The van der Waals surface area contributed by atoms with Crippen LogP contribution in [0.5, 0.6) is 0 Å². The van der Waals surface area contributed by atoms with Crippen molar-refractivity contribution in [2.45, 2.75) is 6.92 Å². The van der Waals surface area contributed by atoms with Crippen LogP contribution in [0.15, 0.2) is 18.2 Å². The van der Waals surface area contributed by atoms with E-state index in [0.29, 0.717) is 13.1 Å². The first kappa shape index (κ1) is 11.9. The summed E-state index contributed by atoms with van der Waals surface area (Å²) in [6.45, 7) is 4.39.